The molecule has 0 fully saturated rings. The van der Waals surface area contributed by atoms with Gasteiger partial charge in [-0.15, -0.1) is 11.3 Å². The molecule has 0 aromatic carbocycles. The number of nitrogens with one attached hydrogen (secondary N) is 1. The molecule has 2 aromatic rings. The molecule has 102 valence electrons. The number of aryl methyl sites for hydroxylation is 2. The van der Waals surface area contributed by atoms with Gasteiger partial charge in [-0.3, -0.25) is 4.98 Å². The molecule has 0 aliphatic heterocycles. The Kier molecular flexibility index (Phi) is 5.05. The van der Waals surface area contributed by atoms with Crippen LogP contribution in [0.1, 0.15) is 47.5 Å². The molecule has 0 spiro atoms. The summed E-state index contributed by atoms with van der Waals surface area (Å²) in [6.07, 6.45) is 5.85. The summed E-state index contributed by atoms with van der Waals surface area (Å²) in [6.45, 7) is 7.47. The summed E-state index contributed by atoms with van der Waals surface area (Å²) in [7, 11) is 0. The highest BCUT2D eigenvalue weighted by Crippen LogP contribution is 2.28. The predicted molar refractivity (Wildman–Crippen MR) is 80.6 cm³/mol. The Hall–Kier alpha value is -1.26. The summed E-state index contributed by atoms with van der Waals surface area (Å²) in [5, 5.41) is 4.72. The van der Waals surface area contributed by atoms with Crippen molar-refractivity contribution in [2.75, 3.05) is 6.54 Å². The van der Waals surface area contributed by atoms with Gasteiger partial charge in [-0.25, -0.2) is 4.98 Å². The Bertz CT molecular complexity index is 507. The van der Waals surface area contributed by atoms with Gasteiger partial charge in [-0.05, 0) is 37.9 Å². The van der Waals surface area contributed by atoms with Crippen molar-refractivity contribution in [3.8, 4) is 0 Å². The van der Waals surface area contributed by atoms with Gasteiger partial charge in [-0.1, -0.05) is 19.9 Å². The van der Waals surface area contributed by atoms with E-state index in [9.17, 15) is 0 Å². The highest BCUT2D eigenvalue weighted by atomic mass is 32.1. The first-order valence-corrected chi connectivity index (χ1v) is 7.67. The third kappa shape index (κ3) is 3.39. The standard InChI is InChI=1S/C15H21N3S/c1-4-8-17-14(12-7-6-9-16-10-12)15-18-13(5-2)11(3)19-15/h6-7,9-10,14,17H,4-5,8H2,1-3H3. The van der Waals surface area contributed by atoms with Crippen LogP contribution in [-0.2, 0) is 6.42 Å². The second-order valence-corrected chi connectivity index (χ2v) is 5.82. The zero-order valence-electron chi connectivity index (χ0n) is 11.8. The fourth-order valence-electron chi connectivity index (χ4n) is 2.08. The second kappa shape index (κ2) is 6.78. The van der Waals surface area contributed by atoms with E-state index in [1.54, 1.807) is 11.3 Å². The van der Waals surface area contributed by atoms with E-state index < -0.39 is 0 Å². The maximum absolute atomic E-state index is 4.79. The van der Waals surface area contributed by atoms with Crippen molar-refractivity contribution in [3.63, 3.8) is 0 Å². The van der Waals surface area contributed by atoms with E-state index in [1.807, 2.05) is 18.5 Å². The first-order valence-electron chi connectivity index (χ1n) is 6.85. The summed E-state index contributed by atoms with van der Waals surface area (Å²) in [5.41, 5.74) is 2.40. The van der Waals surface area contributed by atoms with Gasteiger partial charge in [0, 0.05) is 17.3 Å². The maximum Gasteiger partial charge on any atom is 0.115 e. The smallest absolute Gasteiger partial charge is 0.115 e. The minimum Gasteiger partial charge on any atom is -0.304 e. The van der Waals surface area contributed by atoms with E-state index in [-0.39, 0.29) is 6.04 Å². The van der Waals surface area contributed by atoms with Gasteiger partial charge in [0.05, 0.1) is 11.7 Å². The number of aromatic nitrogens is 2. The van der Waals surface area contributed by atoms with Gasteiger partial charge in [0.15, 0.2) is 0 Å². The van der Waals surface area contributed by atoms with Gasteiger partial charge in [0.1, 0.15) is 5.01 Å². The SMILES string of the molecule is CCCNC(c1cccnc1)c1nc(CC)c(C)s1. The van der Waals surface area contributed by atoms with Gasteiger partial charge >= 0.3 is 0 Å². The minimum absolute atomic E-state index is 0.164. The monoisotopic (exact) mass is 275 g/mol. The molecule has 2 heterocycles. The average molecular weight is 275 g/mol. The third-order valence-electron chi connectivity index (χ3n) is 3.11. The molecular formula is C15H21N3S. The molecule has 0 radical (unpaired) electrons. The van der Waals surface area contributed by atoms with Crippen LogP contribution in [0.4, 0.5) is 0 Å². The lowest BCUT2D eigenvalue weighted by Gasteiger charge is -2.16. The zero-order chi connectivity index (χ0) is 13.7. The number of rotatable bonds is 6. The fraction of sp³-hybridized carbons (Fsp3) is 0.467. The first kappa shape index (κ1) is 14.2. The van der Waals surface area contributed by atoms with Crippen LogP contribution >= 0.6 is 11.3 Å². The van der Waals surface area contributed by atoms with E-state index in [4.69, 9.17) is 4.98 Å². The number of hydrogen-bond donors (Lipinski definition) is 1. The molecule has 2 aromatic heterocycles. The molecule has 2 rings (SSSR count). The largest absolute Gasteiger partial charge is 0.304 e. The lowest BCUT2D eigenvalue weighted by Crippen LogP contribution is -2.23. The molecule has 3 nitrogen and oxygen atoms in total. The summed E-state index contributed by atoms with van der Waals surface area (Å²) in [4.78, 5) is 10.3. The van der Waals surface area contributed by atoms with Crippen LogP contribution in [0.3, 0.4) is 0 Å². The molecule has 0 saturated heterocycles. The molecule has 1 N–H and O–H groups in total. The van der Waals surface area contributed by atoms with Crippen LogP contribution in [0, 0.1) is 6.92 Å². The maximum atomic E-state index is 4.79. The van der Waals surface area contributed by atoms with Gasteiger partial charge in [0.25, 0.3) is 0 Å². The molecule has 4 heteroatoms. The second-order valence-electron chi connectivity index (χ2n) is 4.58. The fourth-order valence-corrected chi connectivity index (χ4v) is 3.20. The Morgan fingerprint density at radius 2 is 2.21 bits per heavy atom. The lowest BCUT2D eigenvalue weighted by molar-refractivity contribution is 0.593. The quantitative estimate of drug-likeness (QED) is 0.877. The summed E-state index contributed by atoms with van der Waals surface area (Å²) in [5.74, 6) is 0. The van der Waals surface area contributed by atoms with Crippen molar-refractivity contribution in [1.29, 1.82) is 0 Å². The summed E-state index contributed by atoms with van der Waals surface area (Å²) < 4.78 is 0. The topological polar surface area (TPSA) is 37.8 Å². The van der Waals surface area contributed by atoms with Crippen molar-refractivity contribution >= 4 is 11.3 Å². The number of nitrogens with zero attached hydrogens (tertiary/aromatic N) is 2. The van der Waals surface area contributed by atoms with Crippen molar-refractivity contribution in [2.45, 2.75) is 39.7 Å². The molecular weight excluding hydrogens is 254 g/mol. The van der Waals surface area contributed by atoms with E-state index in [2.05, 4.69) is 37.1 Å². The summed E-state index contributed by atoms with van der Waals surface area (Å²) >= 11 is 1.79. The minimum atomic E-state index is 0.164. The number of pyridine rings is 1. The van der Waals surface area contributed by atoms with Crippen LogP contribution in [0.15, 0.2) is 24.5 Å². The molecule has 0 aliphatic carbocycles. The molecule has 1 unspecified atom stereocenters. The van der Waals surface area contributed by atoms with Crippen LogP contribution in [-0.4, -0.2) is 16.5 Å². The Morgan fingerprint density at radius 3 is 2.79 bits per heavy atom. The molecule has 0 saturated carbocycles. The third-order valence-corrected chi connectivity index (χ3v) is 4.19. The van der Waals surface area contributed by atoms with Gasteiger partial charge < -0.3 is 5.32 Å². The molecule has 0 amide bonds. The highest BCUT2D eigenvalue weighted by molar-refractivity contribution is 7.11. The van der Waals surface area contributed by atoms with E-state index in [0.717, 1.165) is 24.4 Å². The van der Waals surface area contributed by atoms with Crippen molar-refractivity contribution < 1.29 is 0 Å². The van der Waals surface area contributed by atoms with E-state index >= 15 is 0 Å². The van der Waals surface area contributed by atoms with E-state index in [1.165, 1.54) is 16.1 Å². The van der Waals surface area contributed by atoms with E-state index in [0.29, 0.717) is 0 Å². The molecule has 0 bridgehead atoms. The number of thiazole rings is 1. The molecule has 0 aliphatic rings. The van der Waals surface area contributed by atoms with Crippen LogP contribution < -0.4 is 5.32 Å². The Balaban J connectivity index is 2.31. The summed E-state index contributed by atoms with van der Waals surface area (Å²) in [6, 6.07) is 4.26. The predicted octanol–water partition coefficient (Wildman–Crippen LogP) is 3.50. The lowest BCUT2D eigenvalue weighted by atomic mass is 10.1. The molecule has 19 heavy (non-hydrogen) atoms. The first-order chi connectivity index (χ1) is 9.26. The Morgan fingerprint density at radius 1 is 1.37 bits per heavy atom. The van der Waals surface area contributed by atoms with Crippen LogP contribution in [0.2, 0.25) is 0 Å². The van der Waals surface area contributed by atoms with Crippen molar-refractivity contribution in [3.05, 3.63) is 45.7 Å². The zero-order valence-corrected chi connectivity index (χ0v) is 12.6. The highest BCUT2D eigenvalue weighted by Gasteiger charge is 2.18. The van der Waals surface area contributed by atoms with Crippen LogP contribution in [0.25, 0.3) is 0 Å². The van der Waals surface area contributed by atoms with Gasteiger partial charge in [-0.2, -0.15) is 0 Å². The molecule has 1 atom stereocenters. The van der Waals surface area contributed by atoms with Gasteiger partial charge in [0.2, 0.25) is 0 Å². The number of hydrogen-bond acceptors (Lipinski definition) is 4. The van der Waals surface area contributed by atoms with Crippen LogP contribution in [0.5, 0.6) is 0 Å². The van der Waals surface area contributed by atoms with Crippen molar-refractivity contribution in [1.82, 2.24) is 15.3 Å². The Labute approximate surface area is 119 Å². The normalized spacial score (nSPS) is 12.6. The average Bonchev–Trinajstić information content (AvgIpc) is 2.81. The van der Waals surface area contributed by atoms with Crippen molar-refractivity contribution in [2.24, 2.45) is 0 Å².